The van der Waals surface area contributed by atoms with Gasteiger partial charge in [-0.05, 0) is 26.8 Å². The number of nitrogens with two attached hydrogens (primary N) is 1. The summed E-state index contributed by atoms with van der Waals surface area (Å²) in [5, 5.41) is 8.64. The first-order valence-electron chi connectivity index (χ1n) is 6.01. The predicted octanol–water partition coefficient (Wildman–Crippen LogP) is -3.65. The van der Waals surface area contributed by atoms with Crippen molar-refractivity contribution >= 4 is 10.8 Å². The van der Waals surface area contributed by atoms with Crippen LogP contribution >= 0.6 is 0 Å². The number of rotatable bonds is 2. The molecule has 0 amide bonds. The van der Waals surface area contributed by atoms with Gasteiger partial charge >= 0.3 is 0 Å². The van der Waals surface area contributed by atoms with Crippen molar-refractivity contribution < 1.29 is 43.4 Å². The Morgan fingerprint density at radius 2 is 1.62 bits per heavy atom. The molecule has 7 nitrogen and oxygen atoms in total. The monoisotopic (exact) mass is 317 g/mol. The summed E-state index contributed by atoms with van der Waals surface area (Å²) < 4.78 is 45.2. The number of aryl methyl sites for hydroxylation is 2. The number of hydrogen-bond donors (Lipinski definition) is 1. The maximum Gasteiger partial charge on any atom is 0.208 e. The number of hydrogen-bond acceptors (Lipinski definition) is 6. The quantitative estimate of drug-likeness (QED) is 0.605. The lowest BCUT2D eigenvalue weighted by Crippen LogP contribution is -2.68. The molecule has 0 radical (unpaired) electrons. The van der Waals surface area contributed by atoms with Crippen LogP contribution in [0.5, 0.6) is 5.75 Å². The van der Waals surface area contributed by atoms with Gasteiger partial charge in [0, 0.05) is 6.07 Å². The van der Waals surface area contributed by atoms with E-state index in [0.717, 1.165) is 33.4 Å². The van der Waals surface area contributed by atoms with Gasteiger partial charge in [-0.25, -0.2) is 18.6 Å². The van der Waals surface area contributed by atoms with Crippen LogP contribution in [0.25, 0.3) is 10.8 Å². The standard InChI is InChI=1S/C13H15NO2.ClHO4/c1-4-15-11-7-5-6-10(14)12-8(2)16-9(3)13(11)12;2-1(3,4)5/h5-7,14H,4H2,1-3H3;(H,2,3,4,5). The second-order valence-corrected chi connectivity index (χ2v) is 4.88. The molecule has 0 aliphatic carbocycles. The third-order valence-electron chi connectivity index (χ3n) is 2.62. The molecule has 0 bridgehead atoms. The normalized spacial score (nSPS) is 11.0. The van der Waals surface area contributed by atoms with Gasteiger partial charge in [-0.15, -0.1) is 10.2 Å². The highest BCUT2D eigenvalue weighted by atomic mass is 35.7. The summed E-state index contributed by atoms with van der Waals surface area (Å²) >= 11 is 0. The molecule has 0 saturated heterocycles. The molecule has 2 N–H and O–H groups in total. The second kappa shape index (κ2) is 6.88. The summed E-state index contributed by atoms with van der Waals surface area (Å²) in [5.74, 6) is 2.50. The van der Waals surface area contributed by atoms with E-state index in [2.05, 4.69) is 0 Å². The van der Waals surface area contributed by atoms with Gasteiger partial charge in [-0.1, -0.05) is 6.07 Å². The topological polar surface area (TPSA) is 140 Å². The molecular formula is C13H16ClNO6. The van der Waals surface area contributed by atoms with E-state index < -0.39 is 10.2 Å². The third-order valence-corrected chi connectivity index (χ3v) is 2.62. The lowest BCUT2D eigenvalue weighted by molar-refractivity contribution is -2.00. The van der Waals surface area contributed by atoms with Crippen molar-refractivity contribution in [3.05, 3.63) is 35.1 Å². The zero-order valence-electron chi connectivity index (χ0n) is 11.8. The Balaban J connectivity index is 0.000000383. The third kappa shape index (κ3) is 5.00. The van der Waals surface area contributed by atoms with Crippen LogP contribution < -0.4 is 34.1 Å². The van der Waals surface area contributed by atoms with Crippen LogP contribution in [0.15, 0.2) is 22.6 Å². The number of ether oxygens (including phenoxy) is 1. The molecule has 116 valence electrons. The molecule has 1 heterocycles. The van der Waals surface area contributed by atoms with E-state index in [1.54, 1.807) is 0 Å². The van der Waals surface area contributed by atoms with Crippen LogP contribution in [-0.2, 0) is 0 Å². The lowest BCUT2D eigenvalue weighted by Gasteiger charge is -2.17. The fourth-order valence-electron chi connectivity index (χ4n) is 2.01. The summed E-state index contributed by atoms with van der Waals surface area (Å²) in [6.45, 7) is 6.44. The molecule has 0 fully saturated rings. The molecule has 1 aromatic heterocycles. The van der Waals surface area contributed by atoms with E-state index in [0.29, 0.717) is 6.61 Å². The Morgan fingerprint density at radius 1 is 1.10 bits per heavy atom. The highest BCUT2D eigenvalue weighted by Gasteiger charge is 2.14. The van der Waals surface area contributed by atoms with Gasteiger partial charge in [0.1, 0.15) is 17.3 Å². The van der Waals surface area contributed by atoms with Crippen LogP contribution in [-0.4, -0.2) is 6.61 Å². The van der Waals surface area contributed by atoms with Crippen molar-refractivity contribution in [1.29, 1.82) is 0 Å². The molecule has 21 heavy (non-hydrogen) atoms. The zero-order chi connectivity index (χ0) is 16.2. The van der Waals surface area contributed by atoms with E-state index in [1.807, 2.05) is 39.0 Å². The number of furan rings is 1. The molecule has 0 aliphatic heterocycles. The SMILES string of the molecule is CCOc1cccc(=[NH2+])c2c(C)oc(C)c12.[O-][Cl+3]([O-])([O-])[O-]. The predicted molar refractivity (Wildman–Crippen MR) is 61.9 cm³/mol. The number of fused-ring (bicyclic) bond motifs is 1. The summed E-state index contributed by atoms with van der Waals surface area (Å²) in [7, 11) is -4.94. The van der Waals surface area contributed by atoms with Crippen molar-refractivity contribution in [1.82, 2.24) is 0 Å². The molecule has 8 heteroatoms. The summed E-state index contributed by atoms with van der Waals surface area (Å²) in [4.78, 5) is 0. The highest BCUT2D eigenvalue weighted by Crippen LogP contribution is 2.29. The lowest BCUT2D eigenvalue weighted by atomic mass is 10.2. The molecule has 0 aliphatic rings. The summed E-state index contributed by atoms with van der Waals surface area (Å²) in [6, 6.07) is 5.69. The first kappa shape index (κ1) is 17.4. The van der Waals surface area contributed by atoms with Gasteiger partial charge < -0.3 is 9.15 Å². The molecule has 2 rings (SSSR count). The average molecular weight is 318 g/mol. The molecular weight excluding hydrogens is 302 g/mol. The van der Waals surface area contributed by atoms with Crippen LogP contribution in [0.4, 0.5) is 0 Å². The Morgan fingerprint density at radius 3 is 2.14 bits per heavy atom. The average Bonchev–Trinajstić information content (AvgIpc) is 2.50. The largest absolute Gasteiger partial charge is 0.493 e. The van der Waals surface area contributed by atoms with E-state index in [9.17, 15) is 0 Å². The smallest absolute Gasteiger partial charge is 0.208 e. The van der Waals surface area contributed by atoms with E-state index >= 15 is 0 Å². The molecule has 0 atom stereocenters. The Labute approximate surface area is 123 Å². The van der Waals surface area contributed by atoms with Gasteiger partial charge in [-0.3, -0.25) is 5.41 Å². The van der Waals surface area contributed by atoms with Crippen molar-refractivity contribution in [2.24, 2.45) is 0 Å². The van der Waals surface area contributed by atoms with Crippen LogP contribution in [0.1, 0.15) is 18.4 Å². The van der Waals surface area contributed by atoms with Gasteiger partial charge in [0.25, 0.3) is 0 Å². The molecule has 0 unspecified atom stereocenters. The minimum atomic E-state index is -4.94. The molecule has 1 aromatic carbocycles. The minimum Gasteiger partial charge on any atom is -0.493 e. The van der Waals surface area contributed by atoms with Crippen LogP contribution in [0.3, 0.4) is 0 Å². The fourth-order valence-corrected chi connectivity index (χ4v) is 2.01. The van der Waals surface area contributed by atoms with Gasteiger partial charge in [0.05, 0.1) is 17.4 Å². The van der Waals surface area contributed by atoms with Crippen LogP contribution in [0.2, 0.25) is 0 Å². The molecule has 0 spiro atoms. The minimum absolute atomic E-state index is 0.628. The Bertz CT molecular complexity index is 671. The van der Waals surface area contributed by atoms with Crippen molar-refractivity contribution in [2.45, 2.75) is 20.8 Å². The van der Waals surface area contributed by atoms with E-state index in [1.165, 1.54) is 0 Å². The van der Waals surface area contributed by atoms with Crippen LogP contribution in [0, 0.1) is 24.1 Å². The van der Waals surface area contributed by atoms with Gasteiger partial charge in [-0.2, -0.15) is 0 Å². The van der Waals surface area contributed by atoms with Crippen molar-refractivity contribution in [3.8, 4) is 5.75 Å². The highest BCUT2D eigenvalue weighted by molar-refractivity contribution is 5.90. The van der Waals surface area contributed by atoms with Crippen molar-refractivity contribution in [2.75, 3.05) is 6.61 Å². The summed E-state index contributed by atoms with van der Waals surface area (Å²) in [5.41, 5.74) is 0. The van der Waals surface area contributed by atoms with Gasteiger partial charge in [0.2, 0.25) is 5.36 Å². The summed E-state index contributed by atoms with van der Waals surface area (Å²) in [6.07, 6.45) is 0. The first-order valence-corrected chi connectivity index (χ1v) is 7.24. The van der Waals surface area contributed by atoms with E-state index in [4.69, 9.17) is 33.2 Å². The van der Waals surface area contributed by atoms with E-state index in [-0.39, 0.29) is 0 Å². The van der Waals surface area contributed by atoms with Gasteiger partial charge in [0.15, 0.2) is 0 Å². The zero-order valence-corrected chi connectivity index (χ0v) is 12.6. The maximum atomic E-state index is 8.49. The molecule has 0 saturated carbocycles. The Hall–Kier alpha value is -1.64. The first-order chi connectivity index (χ1) is 9.65. The van der Waals surface area contributed by atoms with Crippen molar-refractivity contribution in [3.63, 3.8) is 0 Å². The second-order valence-electron chi connectivity index (χ2n) is 4.12. The fraction of sp³-hybridized carbons (Fsp3) is 0.308. The maximum absolute atomic E-state index is 8.49. The number of halogens is 1. The Kier molecular flexibility index (Phi) is 5.70. The molecule has 2 aromatic rings.